The van der Waals surface area contributed by atoms with Gasteiger partial charge in [-0.25, -0.2) is 4.98 Å². The average Bonchev–Trinajstić information content (AvgIpc) is 3.31. The second kappa shape index (κ2) is 10.7. The van der Waals surface area contributed by atoms with Crippen LogP contribution in [0.5, 0.6) is 0 Å². The first-order valence-electron chi connectivity index (χ1n) is 9.78. The molecule has 0 saturated heterocycles. The van der Waals surface area contributed by atoms with E-state index in [1.807, 2.05) is 16.8 Å². The van der Waals surface area contributed by atoms with Crippen LogP contribution in [0.4, 0.5) is 0 Å². The van der Waals surface area contributed by atoms with Gasteiger partial charge in [0.05, 0.1) is 12.2 Å². The maximum Gasteiger partial charge on any atom is 0.251 e. The van der Waals surface area contributed by atoms with E-state index >= 15 is 0 Å². The molecule has 7 heteroatoms. The van der Waals surface area contributed by atoms with Crippen molar-refractivity contribution in [1.82, 2.24) is 20.2 Å². The van der Waals surface area contributed by atoms with E-state index in [-0.39, 0.29) is 5.91 Å². The summed E-state index contributed by atoms with van der Waals surface area (Å²) in [7, 11) is 0. The third-order valence-corrected chi connectivity index (χ3v) is 4.73. The summed E-state index contributed by atoms with van der Waals surface area (Å²) >= 11 is 0. The lowest BCUT2D eigenvalue weighted by Crippen LogP contribution is -2.46. The highest BCUT2D eigenvalue weighted by molar-refractivity contribution is 5.97. The van der Waals surface area contributed by atoms with Crippen LogP contribution in [0.1, 0.15) is 28.3 Å². The van der Waals surface area contributed by atoms with Crippen LogP contribution in [0.25, 0.3) is 0 Å². The average molecular weight is 404 g/mol. The molecule has 0 fully saturated rings. The van der Waals surface area contributed by atoms with Crippen molar-refractivity contribution in [1.29, 1.82) is 0 Å². The largest absolute Gasteiger partial charge is 0.355 e. The second-order valence-electron chi connectivity index (χ2n) is 6.83. The highest BCUT2D eigenvalue weighted by Crippen LogP contribution is 2.20. The SMILES string of the molecule is O=CC(NC(=O)c1ccccc1)C(C(=O)NCCCn1ccnc1)c1ccccc1. The highest BCUT2D eigenvalue weighted by Gasteiger charge is 2.31. The molecule has 0 aliphatic heterocycles. The highest BCUT2D eigenvalue weighted by atomic mass is 16.2. The summed E-state index contributed by atoms with van der Waals surface area (Å²) in [6, 6.07) is 16.6. The number of hydrogen-bond donors (Lipinski definition) is 2. The van der Waals surface area contributed by atoms with E-state index in [0.29, 0.717) is 30.4 Å². The van der Waals surface area contributed by atoms with Crippen LogP contribution in [0, 0.1) is 0 Å². The van der Waals surface area contributed by atoms with Crippen molar-refractivity contribution >= 4 is 18.1 Å². The number of nitrogens with one attached hydrogen (secondary N) is 2. The Morgan fingerprint density at radius 1 is 1.03 bits per heavy atom. The molecule has 1 aromatic heterocycles. The van der Waals surface area contributed by atoms with Gasteiger partial charge < -0.3 is 20.0 Å². The molecular formula is C23H24N4O3. The van der Waals surface area contributed by atoms with Crippen LogP contribution in [0.3, 0.4) is 0 Å². The minimum Gasteiger partial charge on any atom is -0.355 e. The molecule has 0 aliphatic rings. The molecular weight excluding hydrogens is 380 g/mol. The van der Waals surface area contributed by atoms with Gasteiger partial charge in [-0.1, -0.05) is 48.5 Å². The van der Waals surface area contributed by atoms with Gasteiger partial charge in [0.25, 0.3) is 5.91 Å². The van der Waals surface area contributed by atoms with Crippen molar-refractivity contribution in [3.63, 3.8) is 0 Å². The number of aromatic nitrogens is 2. The summed E-state index contributed by atoms with van der Waals surface area (Å²) in [5.41, 5.74) is 1.09. The zero-order valence-corrected chi connectivity index (χ0v) is 16.5. The van der Waals surface area contributed by atoms with Crippen molar-refractivity contribution in [2.45, 2.75) is 24.9 Å². The molecule has 30 heavy (non-hydrogen) atoms. The topological polar surface area (TPSA) is 93.1 Å². The van der Waals surface area contributed by atoms with Crippen LogP contribution in [-0.2, 0) is 16.1 Å². The Kier molecular flexibility index (Phi) is 7.49. The molecule has 0 aliphatic carbocycles. The number of amides is 2. The third kappa shape index (κ3) is 5.64. The lowest BCUT2D eigenvalue weighted by Gasteiger charge is -2.24. The lowest BCUT2D eigenvalue weighted by atomic mass is 9.90. The van der Waals surface area contributed by atoms with Crippen molar-refractivity contribution in [2.24, 2.45) is 0 Å². The van der Waals surface area contributed by atoms with Crippen LogP contribution in [0.15, 0.2) is 79.4 Å². The van der Waals surface area contributed by atoms with Crippen molar-refractivity contribution in [3.8, 4) is 0 Å². The van der Waals surface area contributed by atoms with Crippen LogP contribution in [0.2, 0.25) is 0 Å². The molecule has 1 heterocycles. The summed E-state index contributed by atoms with van der Waals surface area (Å²) in [6.45, 7) is 1.16. The maximum atomic E-state index is 13.0. The van der Waals surface area contributed by atoms with Gasteiger partial charge in [0, 0.05) is 31.0 Å². The summed E-state index contributed by atoms with van der Waals surface area (Å²) in [4.78, 5) is 41.4. The minimum atomic E-state index is -0.992. The number of benzene rings is 2. The fourth-order valence-corrected chi connectivity index (χ4v) is 3.20. The fourth-order valence-electron chi connectivity index (χ4n) is 3.20. The molecule has 0 radical (unpaired) electrons. The van der Waals surface area contributed by atoms with E-state index in [4.69, 9.17) is 0 Å². The molecule has 2 amide bonds. The third-order valence-electron chi connectivity index (χ3n) is 4.73. The zero-order chi connectivity index (χ0) is 21.2. The predicted molar refractivity (Wildman–Crippen MR) is 113 cm³/mol. The minimum absolute atomic E-state index is 0.308. The molecule has 2 aromatic carbocycles. The van der Waals surface area contributed by atoms with E-state index in [1.165, 1.54) is 0 Å². The van der Waals surface area contributed by atoms with E-state index in [1.54, 1.807) is 67.1 Å². The first-order chi connectivity index (χ1) is 14.7. The molecule has 2 N–H and O–H groups in total. The van der Waals surface area contributed by atoms with E-state index in [2.05, 4.69) is 15.6 Å². The Bertz CT molecular complexity index is 943. The van der Waals surface area contributed by atoms with Gasteiger partial charge in [-0.15, -0.1) is 0 Å². The Labute approximate surface area is 175 Å². The van der Waals surface area contributed by atoms with Gasteiger partial charge in [-0.3, -0.25) is 9.59 Å². The first-order valence-corrected chi connectivity index (χ1v) is 9.78. The number of carbonyl (C=O) groups is 3. The van der Waals surface area contributed by atoms with Crippen LogP contribution >= 0.6 is 0 Å². The van der Waals surface area contributed by atoms with Gasteiger partial charge in [0.15, 0.2) is 0 Å². The molecule has 0 bridgehead atoms. The molecule has 154 valence electrons. The predicted octanol–water partition coefficient (Wildman–Crippen LogP) is 2.17. The molecule has 0 spiro atoms. The molecule has 7 nitrogen and oxygen atoms in total. The number of rotatable bonds is 10. The van der Waals surface area contributed by atoms with Crippen LogP contribution < -0.4 is 10.6 Å². The van der Waals surface area contributed by atoms with Gasteiger partial charge >= 0.3 is 0 Å². The molecule has 3 aromatic rings. The zero-order valence-electron chi connectivity index (χ0n) is 16.5. The Morgan fingerprint density at radius 2 is 1.73 bits per heavy atom. The monoisotopic (exact) mass is 404 g/mol. The van der Waals surface area contributed by atoms with Gasteiger partial charge in [0.1, 0.15) is 12.3 Å². The Morgan fingerprint density at radius 3 is 2.37 bits per heavy atom. The number of imidazole rings is 1. The number of aldehydes is 1. The molecule has 2 atom stereocenters. The van der Waals surface area contributed by atoms with Crippen molar-refractivity contribution in [3.05, 3.63) is 90.5 Å². The number of carbonyl (C=O) groups excluding carboxylic acids is 3. The van der Waals surface area contributed by atoms with Crippen molar-refractivity contribution < 1.29 is 14.4 Å². The fraction of sp³-hybridized carbons (Fsp3) is 0.217. The second-order valence-corrected chi connectivity index (χ2v) is 6.83. The Hall–Kier alpha value is -3.74. The molecule has 0 saturated carbocycles. The summed E-state index contributed by atoms with van der Waals surface area (Å²) in [6.07, 6.45) is 6.61. The first kappa shape index (κ1) is 21.0. The summed E-state index contributed by atoms with van der Waals surface area (Å²) in [5, 5.41) is 5.58. The van der Waals surface area contributed by atoms with E-state index < -0.39 is 17.9 Å². The standard InChI is InChI=1S/C23H24N4O3/c28-16-20(26-22(29)19-10-5-2-6-11-19)21(18-8-3-1-4-9-18)23(30)25-12-7-14-27-15-13-24-17-27/h1-6,8-11,13,15-17,20-21H,7,12,14H2,(H,25,30)(H,26,29). The van der Waals surface area contributed by atoms with E-state index in [9.17, 15) is 14.4 Å². The van der Waals surface area contributed by atoms with Gasteiger partial charge in [-0.05, 0) is 24.1 Å². The van der Waals surface area contributed by atoms with E-state index in [0.717, 1.165) is 6.54 Å². The maximum absolute atomic E-state index is 13.0. The van der Waals surface area contributed by atoms with Crippen LogP contribution in [-0.4, -0.2) is 40.2 Å². The lowest BCUT2D eigenvalue weighted by molar-refractivity contribution is -0.125. The normalized spacial score (nSPS) is 12.5. The molecule has 2 unspecified atom stereocenters. The smallest absolute Gasteiger partial charge is 0.251 e. The quantitative estimate of drug-likeness (QED) is 0.400. The number of aryl methyl sites for hydroxylation is 1. The van der Waals surface area contributed by atoms with Gasteiger partial charge in [0.2, 0.25) is 5.91 Å². The molecule has 3 rings (SSSR count). The Balaban J connectivity index is 1.69. The summed E-state index contributed by atoms with van der Waals surface area (Å²) < 4.78 is 1.93. The van der Waals surface area contributed by atoms with Crippen molar-refractivity contribution in [2.75, 3.05) is 6.54 Å². The number of hydrogen-bond acceptors (Lipinski definition) is 4. The number of nitrogens with zero attached hydrogens (tertiary/aromatic N) is 2. The van der Waals surface area contributed by atoms with Gasteiger partial charge in [-0.2, -0.15) is 0 Å². The summed E-state index contributed by atoms with van der Waals surface area (Å²) in [5.74, 6) is -1.54.